The number of benzene rings is 6. The summed E-state index contributed by atoms with van der Waals surface area (Å²) < 4.78 is 52.2. The van der Waals surface area contributed by atoms with Crippen molar-refractivity contribution < 1.29 is 71.7 Å². The molecule has 0 spiro atoms. The molecule has 0 saturated carbocycles. The average Bonchev–Trinajstić information content (AvgIpc) is 3.45. The fraction of sp³-hybridized carbons (Fsp3) is 0.355. The van der Waals surface area contributed by atoms with Crippen LogP contribution >= 0.6 is 0 Å². The molecule has 4 N–H and O–H groups in total. The molecule has 15 nitrogen and oxygen atoms in total. The first-order valence-electron chi connectivity index (χ1n) is 26.0. The lowest BCUT2D eigenvalue weighted by atomic mass is 10.1. The molecule has 3 atom stereocenters. The molecule has 6 aromatic rings. The lowest BCUT2D eigenvalue weighted by Crippen LogP contribution is -2.35. The zero-order chi connectivity index (χ0) is 57.0. The summed E-state index contributed by atoms with van der Waals surface area (Å²) in [7, 11) is -3.99. The van der Waals surface area contributed by atoms with Gasteiger partial charge in [0.15, 0.2) is 15.1 Å². The van der Waals surface area contributed by atoms with Gasteiger partial charge in [0.25, 0.3) is 0 Å². The summed E-state index contributed by atoms with van der Waals surface area (Å²) in [6.45, 7) is 8.79. The molecule has 0 bridgehead atoms. The molecule has 0 saturated heterocycles. The Kier molecular flexibility index (Phi) is 31.1. The molecule has 0 aliphatic rings. The van der Waals surface area contributed by atoms with Gasteiger partial charge < -0.3 is 44.1 Å². The molecule has 3 unspecified atom stereocenters. The lowest BCUT2D eigenvalue weighted by Gasteiger charge is -2.15. The van der Waals surface area contributed by atoms with Crippen molar-refractivity contribution in [3.63, 3.8) is 0 Å². The molecule has 6 aromatic carbocycles. The Bertz CT molecular complexity index is 2700. The minimum atomic E-state index is -3.99. The Labute approximate surface area is 459 Å². The van der Waals surface area contributed by atoms with E-state index in [4.69, 9.17) is 28.8 Å². The summed E-state index contributed by atoms with van der Waals surface area (Å²) in [6.07, 6.45) is 5.67. The minimum absolute atomic E-state index is 0.00726. The second kappa shape index (κ2) is 37.4. The standard InChI is InChI=1S/C19H22O4.C18H20O5S.C18H20O4.C7H14O2/c1-15-9-11-17(12-10-15)23-18(19(20)21)14-22-13-5-8-16-6-3-2-4-7-16;1-14-7-9-16(10-8-14)24(21,22)17(18(19)20)13-23-12-11-15-5-3-2-4-6-15;1-14-7-9-16(10-8-14)22-17(18(19)20)13-21-12-11-15-5-3-2-4-6-15;1-2-3-4-5-6-7(8)9/h2-4,6-7,9-12,18H,5,8,13-14H2,1H3,(H,20,21);2-10,17H,11-13H2,1H3,(H,19,20);2-10,17H,11-13H2,1H3,(H,19,20);2-6H2,1H3,(H,8,9). The summed E-state index contributed by atoms with van der Waals surface area (Å²) in [5.74, 6) is -3.06. The molecular formula is C62H76O15S. The Balaban J connectivity index is 0.000000285. The van der Waals surface area contributed by atoms with Gasteiger partial charge in [0.2, 0.25) is 12.2 Å². The molecule has 0 fully saturated rings. The number of ether oxygens (including phenoxy) is 5. The van der Waals surface area contributed by atoms with Gasteiger partial charge in [0.1, 0.15) is 11.5 Å². The number of carboxylic acid groups (broad SMARTS) is 4. The summed E-state index contributed by atoms with van der Waals surface area (Å²) in [5.41, 5.74) is 6.56. The predicted octanol–water partition coefficient (Wildman–Crippen LogP) is 11.1. The second-order valence-corrected chi connectivity index (χ2v) is 20.3. The highest BCUT2D eigenvalue weighted by molar-refractivity contribution is 7.92. The number of carbonyl (C=O) groups is 4. The Hall–Kier alpha value is -7.37. The van der Waals surface area contributed by atoms with E-state index in [1.165, 1.54) is 24.1 Å². The van der Waals surface area contributed by atoms with Crippen molar-refractivity contribution in [3.8, 4) is 11.5 Å². The number of aliphatic carboxylic acids is 4. The number of sulfone groups is 1. The van der Waals surface area contributed by atoms with Gasteiger partial charge in [-0.1, -0.05) is 170 Å². The maximum absolute atomic E-state index is 12.5. The van der Waals surface area contributed by atoms with Crippen LogP contribution < -0.4 is 9.47 Å². The molecule has 0 amide bonds. The zero-order valence-corrected chi connectivity index (χ0v) is 45.9. The summed E-state index contributed by atoms with van der Waals surface area (Å²) in [5, 5.41) is 34.3. The van der Waals surface area contributed by atoms with Crippen LogP contribution in [0.3, 0.4) is 0 Å². The smallest absolute Gasteiger partial charge is 0.347 e. The molecular weight excluding hydrogens is 1020 g/mol. The van der Waals surface area contributed by atoms with Crippen LogP contribution in [0.15, 0.2) is 169 Å². The average molecular weight is 1090 g/mol. The molecule has 0 aliphatic heterocycles. The fourth-order valence-corrected chi connectivity index (χ4v) is 8.41. The van der Waals surface area contributed by atoms with Crippen molar-refractivity contribution in [3.05, 3.63) is 197 Å². The van der Waals surface area contributed by atoms with Crippen molar-refractivity contribution in [1.82, 2.24) is 0 Å². The third-order valence-electron chi connectivity index (χ3n) is 11.6. The van der Waals surface area contributed by atoms with Gasteiger partial charge >= 0.3 is 23.9 Å². The van der Waals surface area contributed by atoms with Crippen LogP contribution in [0, 0.1) is 20.8 Å². The monoisotopic (exact) mass is 1090 g/mol. The molecule has 16 heteroatoms. The molecule has 0 aromatic heterocycles. The molecule has 0 radical (unpaired) electrons. The summed E-state index contributed by atoms with van der Waals surface area (Å²) in [6, 6.07) is 50.3. The normalized spacial score (nSPS) is 11.8. The van der Waals surface area contributed by atoms with Gasteiger partial charge in [-0.25, -0.2) is 18.0 Å². The zero-order valence-electron chi connectivity index (χ0n) is 45.1. The summed E-state index contributed by atoms with van der Waals surface area (Å²) in [4.78, 5) is 43.8. The third kappa shape index (κ3) is 27.6. The van der Waals surface area contributed by atoms with E-state index in [-0.39, 0.29) is 31.3 Å². The van der Waals surface area contributed by atoms with E-state index in [1.807, 2.05) is 124 Å². The molecule has 78 heavy (non-hydrogen) atoms. The first kappa shape index (κ1) is 64.9. The largest absolute Gasteiger partial charge is 0.481 e. The van der Waals surface area contributed by atoms with Crippen LogP contribution in [0.2, 0.25) is 0 Å². The van der Waals surface area contributed by atoms with Crippen LogP contribution in [-0.4, -0.2) is 110 Å². The lowest BCUT2D eigenvalue weighted by molar-refractivity contribution is -0.148. The van der Waals surface area contributed by atoms with Gasteiger partial charge in [-0.3, -0.25) is 9.59 Å². The second-order valence-electron chi connectivity index (χ2n) is 18.2. The SMILES string of the molecule is CCCCCCC(=O)O.Cc1ccc(OC(COCCCc2ccccc2)C(=O)O)cc1.Cc1ccc(OC(COCCc2ccccc2)C(=O)O)cc1.Cc1ccc(S(=O)(=O)C(COCCc2ccccc2)C(=O)O)cc1. The van der Waals surface area contributed by atoms with E-state index in [1.54, 1.807) is 36.4 Å². The number of hydrogen-bond acceptors (Lipinski definition) is 11. The van der Waals surface area contributed by atoms with E-state index in [0.717, 1.165) is 66.3 Å². The number of rotatable bonds is 30. The minimum Gasteiger partial charge on any atom is -0.481 e. The number of aryl methyl sites for hydroxylation is 4. The number of carboxylic acids is 4. The van der Waals surface area contributed by atoms with Gasteiger partial charge in [0.05, 0.1) is 37.9 Å². The van der Waals surface area contributed by atoms with Crippen LogP contribution in [0.25, 0.3) is 0 Å². The van der Waals surface area contributed by atoms with Crippen LogP contribution in [0.1, 0.15) is 78.8 Å². The Morgan fingerprint density at radius 2 is 0.821 bits per heavy atom. The highest BCUT2D eigenvalue weighted by Gasteiger charge is 2.34. The number of unbranched alkanes of at least 4 members (excludes halogenated alkanes) is 3. The van der Waals surface area contributed by atoms with E-state index >= 15 is 0 Å². The Morgan fingerprint density at radius 1 is 0.436 bits per heavy atom. The first-order chi connectivity index (χ1) is 37.5. The van der Waals surface area contributed by atoms with Crippen molar-refractivity contribution in [2.45, 2.75) is 108 Å². The summed E-state index contributed by atoms with van der Waals surface area (Å²) >= 11 is 0. The topological polar surface area (TPSA) is 229 Å². The van der Waals surface area contributed by atoms with Crippen molar-refractivity contribution in [2.75, 3.05) is 39.6 Å². The van der Waals surface area contributed by atoms with Crippen molar-refractivity contribution in [2.24, 2.45) is 0 Å². The van der Waals surface area contributed by atoms with Gasteiger partial charge in [0, 0.05) is 13.0 Å². The van der Waals surface area contributed by atoms with Gasteiger partial charge in [-0.05, 0) is 106 Å². The van der Waals surface area contributed by atoms with E-state index in [9.17, 15) is 42.9 Å². The molecule has 420 valence electrons. The van der Waals surface area contributed by atoms with Crippen molar-refractivity contribution >= 4 is 33.7 Å². The first-order valence-corrected chi connectivity index (χ1v) is 27.6. The number of hydrogen-bond donors (Lipinski definition) is 4. The van der Waals surface area contributed by atoms with Gasteiger partial charge in [-0.2, -0.15) is 0 Å². The van der Waals surface area contributed by atoms with Crippen LogP contribution in [0.5, 0.6) is 11.5 Å². The van der Waals surface area contributed by atoms with E-state index in [0.29, 0.717) is 37.6 Å². The Morgan fingerprint density at radius 3 is 1.21 bits per heavy atom. The molecule has 0 aliphatic carbocycles. The highest BCUT2D eigenvalue weighted by Crippen LogP contribution is 2.19. The van der Waals surface area contributed by atoms with Gasteiger partial charge in [-0.15, -0.1) is 0 Å². The fourth-order valence-electron chi connectivity index (χ4n) is 7.03. The highest BCUT2D eigenvalue weighted by atomic mass is 32.2. The van der Waals surface area contributed by atoms with E-state index < -0.39 is 51.2 Å². The predicted molar refractivity (Wildman–Crippen MR) is 300 cm³/mol. The van der Waals surface area contributed by atoms with E-state index in [2.05, 4.69) is 19.1 Å². The van der Waals surface area contributed by atoms with Crippen molar-refractivity contribution in [1.29, 1.82) is 0 Å². The van der Waals surface area contributed by atoms with Crippen LogP contribution in [-0.2, 0) is 62.5 Å². The molecule has 0 heterocycles. The quantitative estimate of drug-likeness (QED) is 0.0307. The maximum atomic E-state index is 12.5. The molecule has 6 rings (SSSR count). The maximum Gasteiger partial charge on any atom is 0.347 e. The van der Waals surface area contributed by atoms with Crippen LogP contribution in [0.4, 0.5) is 0 Å². The third-order valence-corrected chi connectivity index (χ3v) is 13.6.